The molecule has 1 aromatic rings. The number of aromatic nitrogens is 1. The molecule has 11 heavy (non-hydrogen) atoms. The maximum Gasteiger partial charge on any atom is 0.142 e. The minimum absolute atomic E-state index is 0.0663. The molecule has 0 saturated carbocycles. The van der Waals surface area contributed by atoms with Crippen molar-refractivity contribution in [2.75, 3.05) is 0 Å². The molecule has 0 spiro atoms. The third-order valence-corrected chi connectivity index (χ3v) is 2.07. The SMILES string of the molecule is CC(C)(C)n1cc(F)cc1Br. The number of hydrogen-bond acceptors (Lipinski definition) is 0. The maximum atomic E-state index is 12.7. The van der Waals surface area contributed by atoms with E-state index in [1.807, 2.05) is 25.3 Å². The molecule has 1 aromatic heterocycles. The van der Waals surface area contributed by atoms with Crippen molar-refractivity contribution >= 4 is 15.9 Å². The summed E-state index contributed by atoms with van der Waals surface area (Å²) < 4.78 is 15.3. The molecule has 0 saturated heterocycles. The summed E-state index contributed by atoms with van der Waals surface area (Å²) in [5.74, 6) is -0.202. The Bertz CT molecular complexity index is 260. The van der Waals surface area contributed by atoms with Crippen LogP contribution in [0.15, 0.2) is 16.9 Å². The fourth-order valence-electron chi connectivity index (χ4n) is 0.920. The van der Waals surface area contributed by atoms with Crippen molar-refractivity contribution in [2.24, 2.45) is 0 Å². The van der Waals surface area contributed by atoms with Gasteiger partial charge in [-0.1, -0.05) is 0 Å². The van der Waals surface area contributed by atoms with Gasteiger partial charge in [-0.2, -0.15) is 0 Å². The zero-order chi connectivity index (χ0) is 8.65. The zero-order valence-corrected chi connectivity index (χ0v) is 8.44. The van der Waals surface area contributed by atoms with Gasteiger partial charge >= 0.3 is 0 Å². The molecule has 0 unspecified atom stereocenters. The van der Waals surface area contributed by atoms with Gasteiger partial charge in [0.05, 0.1) is 4.60 Å². The van der Waals surface area contributed by atoms with E-state index in [0.29, 0.717) is 0 Å². The monoisotopic (exact) mass is 219 g/mol. The van der Waals surface area contributed by atoms with Crippen molar-refractivity contribution in [2.45, 2.75) is 26.3 Å². The van der Waals surface area contributed by atoms with Crippen LogP contribution in [0.5, 0.6) is 0 Å². The van der Waals surface area contributed by atoms with E-state index in [0.717, 1.165) is 4.60 Å². The van der Waals surface area contributed by atoms with Crippen LogP contribution >= 0.6 is 15.9 Å². The molecule has 0 aliphatic heterocycles. The van der Waals surface area contributed by atoms with Crippen LogP contribution in [0.1, 0.15) is 20.8 Å². The van der Waals surface area contributed by atoms with Crippen LogP contribution in [0.4, 0.5) is 4.39 Å². The van der Waals surface area contributed by atoms with E-state index in [2.05, 4.69) is 15.9 Å². The lowest BCUT2D eigenvalue weighted by molar-refractivity contribution is 0.388. The molecule has 0 amide bonds. The molecular weight excluding hydrogens is 209 g/mol. The first kappa shape index (κ1) is 8.78. The third-order valence-electron chi connectivity index (χ3n) is 1.46. The van der Waals surface area contributed by atoms with Crippen LogP contribution in [0.3, 0.4) is 0 Å². The van der Waals surface area contributed by atoms with Crippen molar-refractivity contribution in [3.05, 3.63) is 22.7 Å². The van der Waals surface area contributed by atoms with Gasteiger partial charge in [-0.15, -0.1) is 0 Å². The Morgan fingerprint density at radius 1 is 1.45 bits per heavy atom. The van der Waals surface area contributed by atoms with E-state index in [4.69, 9.17) is 0 Å². The molecule has 62 valence electrons. The van der Waals surface area contributed by atoms with Crippen molar-refractivity contribution in [3.63, 3.8) is 0 Å². The summed E-state index contributed by atoms with van der Waals surface area (Å²) in [5.41, 5.74) is -0.0663. The molecule has 0 aliphatic carbocycles. The molecule has 1 rings (SSSR count). The van der Waals surface area contributed by atoms with Gasteiger partial charge in [0.25, 0.3) is 0 Å². The van der Waals surface area contributed by atoms with Gasteiger partial charge < -0.3 is 4.57 Å². The second kappa shape index (κ2) is 2.63. The highest BCUT2D eigenvalue weighted by atomic mass is 79.9. The van der Waals surface area contributed by atoms with Crippen LogP contribution in [-0.2, 0) is 5.54 Å². The van der Waals surface area contributed by atoms with E-state index >= 15 is 0 Å². The van der Waals surface area contributed by atoms with E-state index in [1.165, 1.54) is 12.3 Å². The van der Waals surface area contributed by atoms with Gasteiger partial charge in [-0.3, -0.25) is 0 Å². The second-order valence-electron chi connectivity index (χ2n) is 3.52. The molecule has 0 atom stereocenters. The zero-order valence-electron chi connectivity index (χ0n) is 6.86. The minimum Gasteiger partial charge on any atom is -0.334 e. The van der Waals surface area contributed by atoms with Gasteiger partial charge in [-0.25, -0.2) is 4.39 Å². The Hall–Kier alpha value is -0.310. The number of halogens is 2. The lowest BCUT2D eigenvalue weighted by Crippen LogP contribution is -2.20. The molecule has 0 bridgehead atoms. The Labute approximate surface area is 74.3 Å². The summed E-state index contributed by atoms with van der Waals surface area (Å²) in [4.78, 5) is 0. The van der Waals surface area contributed by atoms with E-state index in [-0.39, 0.29) is 11.4 Å². The summed E-state index contributed by atoms with van der Waals surface area (Å²) >= 11 is 3.28. The molecule has 0 N–H and O–H groups in total. The first-order valence-electron chi connectivity index (χ1n) is 3.45. The summed E-state index contributed by atoms with van der Waals surface area (Å²) in [6.07, 6.45) is 1.49. The normalized spacial score (nSPS) is 12.1. The second-order valence-corrected chi connectivity index (χ2v) is 4.33. The van der Waals surface area contributed by atoms with Crippen molar-refractivity contribution < 1.29 is 4.39 Å². The average molecular weight is 220 g/mol. The first-order chi connectivity index (χ1) is 4.91. The summed E-state index contributed by atoms with van der Waals surface area (Å²) in [7, 11) is 0. The van der Waals surface area contributed by atoms with Crippen LogP contribution in [0.2, 0.25) is 0 Å². The van der Waals surface area contributed by atoms with E-state index < -0.39 is 0 Å². The molecular formula is C8H11BrFN. The minimum atomic E-state index is -0.202. The molecule has 0 aliphatic rings. The highest BCUT2D eigenvalue weighted by molar-refractivity contribution is 9.10. The fourth-order valence-corrected chi connectivity index (χ4v) is 1.77. The lowest BCUT2D eigenvalue weighted by Gasteiger charge is -2.22. The van der Waals surface area contributed by atoms with E-state index in [1.54, 1.807) is 0 Å². The average Bonchev–Trinajstić information content (AvgIpc) is 2.08. The Kier molecular flexibility index (Phi) is 2.10. The first-order valence-corrected chi connectivity index (χ1v) is 4.24. The third kappa shape index (κ3) is 1.83. The van der Waals surface area contributed by atoms with Crippen LogP contribution in [0.25, 0.3) is 0 Å². The van der Waals surface area contributed by atoms with E-state index in [9.17, 15) is 4.39 Å². The smallest absolute Gasteiger partial charge is 0.142 e. The van der Waals surface area contributed by atoms with Gasteiger partial charge in [-0.05, 0) is 36.7 Å². The lowest BCUT2D eigenvalue weighted by atomic mass is 10.1. The summed E-state index contributed by atoms with van der Waals surface area (Å²) in [6.45, 7) is 6.07. The number of hydrogen-bond donors (Lipinski definition) is 0. The Morgan fingerprint density at radius 3 is 2.18 bits per heavy atom. The highest BCUT2D eigenvalue weighted by Crippen LogP contribution is 2.23. The van der Waals surface area contributed by atoms with Crippen molar-refractivity contribution in [1.29, 1.82) is 0 Å². The quantitative estimate of drug-likeness (QED) is 0.632. The van der Waals surface area contributed by atoms with Crippen LogP contribution in [-0.4, -0.2) is 4.57 Å². The fraction of sp³-hybridized carbons (Fsp3) is 0.500. The molecule has 1 heterocycles. The number of nitrogens with zero attached hydrogens (tertiary/aromatic N) is 1. The van der Waals surface area contributed by atoms with Crippen LogP contribution in [0, 0.1) is 5.82 Å². The predicted octanol–water partition coefficient (Wildman–Crippen LogP) is 3.14. The van der Waals surface area contributed by atoms with Crippen molar-refractivity contribution in [3.8, 4) is 0 Å². The Balaban J connectivity index is 3.13. The molecule has 0 radical (unpaired) electrons. The molecule has 3 heteroatoms. The summed E-state index contributed by atoms with van der Waals surface area (Å²) in [6, 6.07) is 1.46. The highest BCUT2D eigenvalue weighted by Gasteiger charge is 2.15. The van der Waals surface area contributed by atoms with Crippen molar-refractivity contribution in [1.82, 2.24) is 4.57 Å². The Morgan fingerprint density at radius 2 is 2.00 bits per heavy atom. The predicted molar refractivity (Wildman–Crippen MR) is 47.1 cm³/mol. The van der Waals surface area contributed by atoms with Gasteiger partial charge in [0.2, 0.25) is 0 Å². The topological polar surface area (TPSA) is 4.93 Å². The summed E-state index contributed by atoms with van der Waals surface area (Å²) in [5, 5.41) is 0. The van der Waals surface area contributed by atoms with Gasteiger partial charge in [0, 0.05) is 17.8 Å². The molecule has 0 aromatic carbocycles. The standard InChI is InChI=1S/C8H11BrFN/c1-8(2,3)11-5-6(10)4-7(11)9/h4-5H,1-3H3. The molecule has 0 fully saturated rings. The molecule has 1 nitrogen and oxygen atoms in total. The van der Waals surface area contributed by atoms with Gasteiger partial charge in [0.15, 0.2) is 0 Å². The van der Waals surface area contributed by atoms with Gasteiger partial charge in [0.1, 0.15) is 5.82 Å². The largest absolute Gasteiger partial charge is 0.334 e. The maximum absolute atomic E-state index is 12.7. The van der Waals surface area contributed by atoms with Crippen LogP contribution < -0.4 is 0 Å². The number of rotatable bonds is 0.